The van der Waals surface area contributed by atoms with Gasteiger partial charge in [0.25, 0.3) is 0 Å². The second-order valence-electron chi connectivity index (χ2n) is 1.87. The molecule has 0 spiro atoms. The van der Waals surface area contributed by atoms with Crippen LogP contribution in [0, 0.1) is 0 Å². The van der Waals surface area contributed by atoms with Gasteiger partial charge in [0.2, 0.25) is 0 Å². The molecule has 0 unspecified atom stereocenters. The maximum absolute atomic E-state index is 9.15. The zero-order valence-electron chi connectivity index (χ0n) is 6.72. The minimum Gasteiger partial charge on any atom is -0.508 e. The Morgan fingerprint density at radius 2 is 2.20 bits per heavy atom. The molecule has 0 radical (unpaired) electrons. The Balaban J connectivity index is 4.29. The highest BCUT2D eigenvalue weighted by Gasteiger charge is 1.96. The predicted molar refractivity (Wildman–Crippen MR) is 41.8 cm³/mol. The molecule has 0 atom stereocenters. The van der Waals surface area contributed by atoms with Crippen LogP contribution in [-0.4, -0.2) is 12.2 Å². The number of hydrogen-bond acceptors (Lipinski definition) is 2. The third-order valence-electron chi connectivity index (χ3n) is 1.16. The van der Waals surface area contributed by atoms with Crippen molar-refractivity contribution in [3.05, 3.63) is 23.7 Å². The number of aliphatic hydroxyl groups excluding tert-OH is 1. The zero-order valence-corrected chi connectivity index (χ0v) is 6.72. The maximum Gasteiger partial charge on any atom is 0.155 e. The lowest BCUT2D eigenvalue weighted by atomic mass is 10.3. The van der Waals surface area contributed by atoms with Crippen LogP contribution in [0.25, 0.3) is 0 Å². The fourth-order valence-corrected chi connectivity index (χ4v) is 0.608. The van der Waals surface area contributed by atoms with Gasteiger partial charge in [-0.15, -0.1) is 0 Å². The number of allylic oxidation sites excluding steroid dienone is 3. The van der Waals surface area contributed by atoms with Crippen LogP contribution in [0.4, 0.5) is 0 Å². The molecule has 2 nitrogen and oxygen atoms in total. The van der Waals surface area contributed by atoms with Gasteiger partial charge in [-0.05, 0) is 13.0 Å². The highest BCUT2D eigenvalue weighted by atomic mass is 16.5. The Hall–Kier alpha value is -0.920. The quantitative estimate of drug-likeness (QED) is 0.484. The van der Waals surface area contributed by atoms with Crippen molar-refractivity contribution in [1.29, 1.82) is 0 Å². The summed E-state index contributed by atoms with van der Waals surface area (Å²) in [6.07, 6.45) is 4.16. The molecule has 0 heterocycles. The Bertz CT molecular complexity index is 145. The van der Waals surface area contributed by atoms with Crippen molar-refractivity contribution in [2.24, 2.45) is 0 Å². The first-order chi connectivity index (χ1) is 4.76. The SMILES string of the molecule is C/C=C\C(OC)=C(\O)CC. The lowest BCUT2D eigenvalue weighted by molar-refractivity contribution is 0.263. The van der Waals surface area contributed by atoms with E-state index in [-0.39, 0.29) is 0 Å². The number of methoxy groups -OCH3 is 1. The lowest BCUT2D eigenvalue weighted by Gasteiger charge is -2.01. The van der Waals surface area contributed by atoms with Gasteiger partial charge in [-0.2, -0.15) is 0 Å². The zero-order chi connectivity index (χ0) is 7.98. The van der Waals surface area contributed by atoms with E-state index in [1.807, 2.05) is 19.9 Å². The van der Waals surface area contributed by atoms with Crippen molar-refractivity contribution in [2.75, 3.05) is 7.11 Å². The number of rotatable bonds is 3. The fourth-order valence-electron chi connectivity index (χ4n) is 0.608. The van der Waals surface area contributed by atoms with E-state index in [0.29, 0.717) is 17.9 Å². The van der Waals surface area contributed by atoms with Gasteiger partial charge in [-0.1, -0.05) is 13.0 Å². The molecule has 0 amide bonds. The van der Waals surface area contributed by atoms with E-state index >= 15 is 0 Å². The van der Waals surface area contributed by atoms with Gasteiger partial charge >= 0.3 is 0 Å². The second kappa shape index (κ2) is 4.91. The number of hydrogen-bond donors (Lipinski definition) is 1. The molecule has 0 fully saturated rings. The Morgan fingerprint density at radius 1 is 1.60 bits per heavy atom. The molecule has 10 heavy (non-hydrogen) atoms. The Morgan fingerprint density at radius 3 is 2.50 bits per heavy atom. The van der Waals surface area contributed by atoms with Crippen LogP contribution in [0.2, 0.25) is 0 Å². The molecule has 2 heteroatoms. The molecular weight excluding hydrogens is 128 g/mol. The summed E-state index contributed by atoms with van der Waals surface area (Å²) in [5.74, 6) is 0.839. The van der Waals surface area contributed by atoms with Crippen molar-refractivity contribution in [2.45, 2.75) is 20.3 Å². The van der Waals surface area contributed by atoms with Crippen LogP contribution < -0.4 is 0 Å². The Kier molecular flexibility index (Phi) is 4.46. The summed E-state index contributed by atoms with van der Waals surface area (Å²) < 4.78 is 4.89. The summed E-state index contributed by atoms with van der Waals surface area (Å²) in [7, 11) is 1.54. The fraction of sp³-hybridized carbons (Fsp3) is 0.500. The van der Waals surface area contributed by atoms with Crippen molar-refractivity contribution in [3.8, 4) is 0 Å². The van der Waals surface area contributed by atoms with Gasteiger partial charge in [-0.25, -0.2) is 0 Å². The first-order valence-electron chi connectivity index (χ1n) is 3.35. The van der Waals surface area contributed by atoms with Crippen LogP contribution in [0.1, 0.15) is 20.3 Å². The van der Waals surface area contributed by atoms with E-state index in [1.54, 1.807) is 13.2 Å². The molecule has 0 rings (SSSR count). The summed E-state index contributed by atoms with van der Waals surface area (Å²) in [4.78, 5) is 0. The molecule has 0 saturated heterocycles. The van der Waals surface area contributed by atoms with Gasteiger partial charge in [0, 0.05) is 6.42 Å². The van der Waals surface area contributed by atoms with Crippen molar-refractivity contribution < 1.29 is 9.84 Å². The molecular formula is C8H14O2. The minimum absolute atomic E-state index is 0.292. The lowest BCUT2D eigenvalue weighted by Crippen LogP contribution is -1.89. The summed E-state index contributed by atoms with van der Waals surface area (Å²) in [6.45, 7) is 3.75. The van der Waals surface area contributed by atoms with Crippen molar-refractivity contribution in [1.82, 2.24) is 0 Å². The van der Waals surface area contributed by atoms with Gasteiger partial charge in [0.1, 0.15) is 5.76 Å². The third-order valence-corrected chi connectivity index (χ3v) is 1.16. The smallest absolute Gasteiger partial charge is 0.155 e. The van der Waals surface area contributed by atoms with Gasteiger partial charge in [0.05, 0.1) is 7.11 Å². The summed E-state index contributed by atoms with van der Waals surface area (Å²) in [5, 5.41) is 9.15. The summed E-state index contributed by atoms with van der Waals surface area (Å²) >= 11 is 0. The van der Waals surface area contributed by atoms with E-state index < -0.39 is 0 Å². The van der Waals surface area contributed by atoms with Gasteiger partial charge < -0.3 is 9.84 Å². The normalized spacial score (nSPS) is 13.5. The van der Waals surface area contributed by atoms with Crippen LogP contribution in [0.5, 0.6) is 0 Å². The largest absolute Gasteiger partial charge is 0.508 e. The number of aliphatic hydroxyl groups is 1. The average molecular weight is 142 g/mol. The van der Waals surface area contributed by atoms with Crippen molar-refractivity contribution >= 4 is 0 Å². The second-order valence-corrected chi connectivity index (χ2v) is 1.87. The molecule has 1 N–H and O–H groups in total. The summed E-state index contributed by atoms with van der Waals surface area (Å²) in [6, 6.07) is 0. The topological polar surface area (TPSA) is 29.5 Å². The van der Waals surface area contributed by atoms with Crippen molar-refractivity contribution in [3.63, 3.8) is 0 Å². The highest BCUT2D eigenvalue weighted by Crippen LogP contribution is 2.06. The molecule has 0 aliphatic carbocycles. The predicted octanol–water partition coefficient (Wildman–Crippen LogP) is 2.39. The highest BCUT2D eigenvalue weighted by molar-refractivity contribution is 5.14. The van der Waals surface area contributed by atoms with Gasteiger partial charge in [0.15, 0.2) is 5.76 Å². The molecule has 0 aromatic carbocycles. The molecule has 0 aromatic heterocycles. The monoisotopic (exact) mass is 142 g/mol. The van der Waals surface area contributed by atoms with Crippen LogP contribution >= 0.6 is 0 Å². The van der Waals surface area contributed by atoms with E-state index in [0.717, 1.165) is 0 Å². The average Bonchev–Trinajstić information content (AvgIpc) is 1.99. The first kappa shape index (κ1) is 9.08. The molecule has 0 saturated carbocycles. The van der Waals surface area contributed by atoms with Crippen LogP contribution in [0.3, 0.4) is 0 Å². The van der Waals surface area contributed by atoms with Crippen LogP contribution in [-0.2, 0) is 4.74 Å². The Labute approximate surface area is 61.8 Å². The molecule has 0 aliphatic rings. The van der Waals surface area contributed by atoms with E-state index in [4.69, 9.17) is 9.84 Å². The minimum atomic E-state index is 0.292. The maximum atomic E-state index is 9.15. The van der Waals surface area contributed by atoms with Crippen LogP contribution in [0.15, 0.2) is 23.7 Å². The molecule has 0 bridgehead atoms. The summed E-state index contributed by atoms with van der Waals surface area (Å²) in [5.41, 5.74) is 0. The molecule has 0 aromatic rings. The third kappa shape index (κ3) is 2.58. The first-order valence-corrected chi connectivity index (χ1v) is 3.35. The van der Waals surface area contributed by atoms with E-state index in [2.05, 4.69) is 0 Å². The standard InChI is InChI=1S/C8H14O2/c1-4-6-8(10-3)7(9)5-2/h4,6,9H,5H2,1-3H3/b6-4-,8-7-. The molecule has 0 aliphatic heterocycles. The van der Waals surface area contributed by atoms with Gasteiger partial charge in [-0.3, -0.25) is 0 Å². The molecule has 58 valence electrons. The number of ether oxygens (including phenoxy) is 1. The van der Waals surface area contributed by atoms with E-state index in [9.17, 15) is 0 Å². The van der Waals surface area contributed by atoms with E-state index in [1.165, 1.54) is 0 Å².